The van der Waals surface area contributed by atoms with Crippen LogP contribution in [0.4, 0.5) is 5.82 Å². The number of aliphatic hydroxyl groups excluding tert-OH is 1. The molecule has 0 unspecified atom stereocenters. The number of pyridine rings is 1. The lowest BCUT2D eigenvalue weighted by atomic mass is 10.1. The Morgan fingerprint density at radius 3 is 2.82 bits per heavy atom. The predicted molar refractivity (Wildman–Crippen MR) is 68.9 cm³/mol. The highest BCUT2D eigenvalue weighted by Gasteiger charge is 2.19. The van der Waals surface area contributed by atoms with Crippen molar-refractivity contribution in [2.24, 2.45) is 5.73 Å². The lowest BCUT2D eigenvalue weighted by Crippen LogP contribution is -2.31. The van der Waals surface area contributed by atoms with Gasteiger partial charge in [0.2, 0.25) is 0 Å². The van der Waals surface area contributed by atoms with Crippen LogP contribution < -0.4 is 10.6 Å². The van der Waals surface area contributed by atoms with Crippen molar-refractivity contribution in [2.45, 2.75) is 31.8 Å². The van der Waals surface area contributed by atoms with Crippen molar-refractivity contribution in [3.63, 3.8) is 0 Å². The number of aromatic nitrogens is 1. The molecule has 0 saturated carbocycles. The maximum absolute atomic E-state index is 10.1. The molecule has 0 bridgehead atoms. The fourth-order valence-corrected chi connectivity index (χ4v) is 2.35. The van der Waals surface area contributed by atoms with Crippen molar-refractivity contribution in [1.82, 2.24) is 4.98 Å². The van der Waals surface area contributed by atoms with Crippen LogP contribution in [0.5, 0.6) is 0 Å². The Kier molecular flexibility index (Phi) is 4.34. The fraction of sp³-hybridized carbons (Fsp3) is 0.615. The van der Waals surface area contributed by atoms with Crippen molar-refractivity contribution in [1.29, 1.82) is 0 Å². The van der Waals surface area contributed by atoms with Gasteiger partial charge in [0.15, 0.2) is 0 Å². The Balaban J connectivity index is 2.19. The zero-order valence-electron chi connectivity index (χ0n) is 10.2. The summed E-state index contributed by atoms with van der Waals surface area (Å²) in [4.78, 5) is 6.71. The van der Waals surface area contributed by atoms with E-state index in [9.17, 15) is 5.11 Å². The van der Waals surface area contributed by atoms with Crippen molar-refractivity contribution in [2.75, 3.05) is 24.5 Å². The molecule has 2 heterocycles. The third-order valence-corrected chi connectivity index (χ3v) is 3.27. The molecule has 3 N–H and O–H groups in total. The van der Waals surface area contributed by atoms with Gasteiger partial charge in [-0.15, -0.1) is 0 Å². The quantitative estimate of drug-likeness (QED) is 0.829. The highest BCUT2D eigenvalue weighted by Crippen LogP contribution is 2.27. The number of piperidine rings is 1. The lowest BCUT2D eigenvalue weighted by Gasteiger charge is -2.30. The van der Waals surface area contributed by atoms with E-state index in [0.29, 0.717) is 13.0 Å². The first-order valence-electron chi connectivity index (χ1n) is 6.41. The Morgan fingerprint density at radius 1 is 1.35 bits per heavy atom. The maximum atomic E-state index is 10.1. The predicted octanol–water partition coefficient (Wildman–Crippen LogP) is 1.45. The molecule has 4 nitrogen and oxygen atoms in total. The van der Waals surface area contributed by atoms with Gasteiger partial charge in [-0.05, 0) is 38.3 Å². The molecule has 0 aliphatic carbocycles. The van der Waals surface area contributed by atoms with Gasteiger partial charge in [-0.25, -0.2) is 4.98 Å². The minimum atomic E-state index is -0.495. The molecule has 0 amide bonds. The number of nitrogens with two attached hydrogens (primary N) is 1. The summed E-state index contributed by atoms with van der Waals surface area (Å²) in [7, 11) is 0. The Bertz CT molecular complexity index is 350. The highest BCUT2D eigenvalue weighted by atomic mass is 16.3. The summed E-state index contributed by atoms with van der Waals surface area (Å²) in [5.41, 5.74) is 6.42. The summed E-state index contributed by atoms with van der Waals surface area (Å²) in [6.07, 6.45) is 5.61. The van der Waals surface area contributed by atoms with E-state index >= 15 is 0 Å². The molecule has 0 aromatic carbocycles. The Hall–Kier alpha value is -1.13. The van der Waals surface area contributed by atoms with Gasteiger partial charge in [-0.2, -0.15) is 0 Å². The summed E-state index contributed by atoms with van der Waals surface area (Å²) in [5.74, 6) is 0.938. The van der Waals surface area contributed by atoms with Gasteiger partial charge in [-0.1, -0.05) is 6.07 Å². The SMILES string of the molecule is NCC[C@H](O)c1cccnc1N1CCCCC1. The second-order valence-corrected chi connectivity index (χ2v) is 4.56. The van der Waals surface area contributed by atoms with Gasteiger partial charge in [0, 0.05) is 24.8 Å². The van der Waals surface area contributed by atoms with Crippen LogP contribution in [0.2, 0.25) is 0 Å². The summed E-state index contributed by atoms with van der Waals surface area (Å²) >= 11 is 0. The molecule has 1 fully saturated rings. The van der Waals surface area contributed by atoms with E-state index in [4.69, 9.17) is 5.73 Å². The van der Waals surface area contributed by atoms with Crippen LogP contribution in [-0.2, 0) is 0 Å². The van der Waals surface area contributed by atoms with Gasteiger partial charge < -0.3 is 15.7 Å². The number of rotatable bonds is 4. The van der Waals surface area contributed by atoms with Crippen LogP contribution in [-0.4, -0.2) is 29.7 Å². The third-order valence-electron chi connectivity index (χ3n) is 3.27. The molecule has 4 heteroatoms. The molecule has 0 spiro atoms. The average molecular weight is 235 g/mol. The monoisotopic (exact) mass is 235 g/mol. The first kappa shape index (κ1) is 12.3. The van der Waals surface area contributed by atoms with E-state index in [-0.39, 0.29) is 0 Å². The van der Waals surface area contributed by atoms with Crippen LogP contribution >= 0.6 is 0 Å². The fourth-order valence-electron chi connectivity index (χ4n) is 2.35. The smallest absolute Gasteiger partial charge is 0.134 e. The molecule has 94 valence electrons. The normalized spacial score (nSPS) is 18.1. The number of nitrogens with zero attached hydrogens (tertiary/aromatic N) is 2. The second-order valence-electron chi connectivity index (χ2n) is 4.56. The molecule has 1 aliphatic heterocycles. The second kappa shape index (κ2) is 5.98. The minimum Gasteiger partial charge on any atom is -0.388 e. The lowest BCUT2D eigenvalue weighted by molar-refractivity contribution is 0.170. The molecule has 1 aromatic rings. The number of aliphatic hydroxyl groups is 1. The first-order valence-corrected chi connectivity index (χ1v) is 6.41. The number of anilines is 1. The largest absolute Gasteiger partial charge is 0.388 e. The molecule has 2 rings (SSSR count). The van der Waals surface area contributed by atoms with E-state index in [1.807, 2.05) is 12.1 Å². The molecule has 1 aromatic heterocycles. The summed E-state index contributed by atoms with van der Waals surface area (Å²) in [6.45, 7) is 2.58. The Labute approximate surface area is 102 Å². The zero-order valence-corrected chi connectivity index (χ0v) is 10.2. The van der Waals surface area contributed by atoms with E-state index in [1.165, 1.54) is 19.3 Å². The van der Waals surface area contributed by atoms with E-state index in [1.54, 1.807) is 6.20 Å². The summed E-state index contributed by atoms with van der Waals surface area (Å²) in [5, 5.41) is 10.1. The van der Waals surface area contributed by atoms with Crippen LogP contribution in [0, 0.1) is 0 Å². The summed E-state index contributed by atoms with van der Waals surface area (Å²) in [6, 6.07) is 3.83. The van der Waals surface area contributed by atoms with E-state index in [2.05, 4.69) is 9.88 Å². The van der Waals surface area contributed by atoms with Crippen LogP contribution in [0.1, 0.15) is 37.4 Å². The van der Waals surface area contributed by atoms with Gasteiger partial charge in [-0.3, -0.25) is 0 Å². The topological polar surface area (TPSA) is 62.4 Å². The average Bonchev–Trinajstić information content (AvgIpc) is 2.40. The molecular formula is C13H21N3O. The maximum Gasteiger partial charge on any atom is 0.134 e. The van der Waals surface area contributed by atoms with Gasteiger partial charge >= 0.3 is 0 Å². The van der Waals surface area contributed by atoms with Gasteiger partial charge in [0.05, 0.1) is 6.10 Å². The Morgan fingerprint density at radius 2 is 2.12 bits per heavy atom. The molecule has 1 aliphatic rings. The summed E-state index contributed by atoms with van der Waals surface area (Å²) < 4.78 is 0. The van der Waals surface area contributed by atoms with Crippen LogP contribution in [0.25, 0.3) is 0 Å². The van der Waals surface area contributed by atoms with Crippen LogP contribution in [0.15, 0.2) is 18.3 Å². The molecule has 0 radical (unpaired) electrons. The van der Waals surface area contributed by atoms with Gasteiger partial charge in [0.25, 0.3) is 0 Å². The van der Waals surface area contributed by atoms with Crippen molar-refractivity contribution in [3.8, 4) is 0 Å². The first-order chi connectivity index (χ1) is 8.33. The van der Waals surface area contributed by atoms with Crippen molar-refractivity contribution < 1.29 is 5.11 Å². The zero-order chi connectivity index (χ0) is 12.1. The minimum absolute atomic E-state index is 0.495. The van der Waals surface area contributed by atoms with Crippen molar-refractivity contribution in [3.05, 3.63) is 23.9 Å². The van der Waals surface area contributed by atoms with Crippen LogP contribution in [0.3, 0.4) is 0 Å². The molecule has 17 heavy (non-hydrogen) atoms. The number of hydrogen-bond donors (Lipinski definition) is 2. The number of hydrogen-bond acceptors (Lipinski definition) is 4. The third kappa shape index (κ3) is 2.96. The standard InChI is InChI=1S/C13H21N3O/c14-7-6-12(17)11-5-4-8-15-13(11)16-9-2-1-3-10-16/h4-5,8,12,17H,1-3,6-7,9-10,14H2/t12-/m0/s1. The van der Waals surface area contributed by atoms with Gasteiger partial charge in [0.1, 0.15) is 5.82 Å². The molecular weight excluding hydrogens is 214 g/mol. The van der Waals surface area contributed by atoms with Crippen molar-refractivity contribution >= 4 is 5.82 Å². The van der Waals surface area contributed by atoms with E-state index < -0.39 is 6.10 Å². The van der Waals surface area contributed by atoms with E-state index in [0.717, 1.165) is 24.5 Å². The highest BCUT2D eigenvalue weighted by molar-refractivity contribution is 5.48. The molecule has 1 saturated heterocycles. The molecule has 1 atom stereocenters.